The van der Waals surface area contributed by atoms with Gasteiger partial charge in [0.15, 0.2) is 17.8 Å². The van der Waals surface area contributed by atoms with Crippen molar-refractivity contribution >= 4 is 23.0 Å². The number of hydrogen-bond donors (Lipinski definition) is 1. The Hall–Kier alpha value is -3.69. The van der Waals surface area contributed by atoms with Crippen LogP contribution >= 0.6 is 0 Å². The number of carbonyl (C=O) groups is 2. The van der Waals surface area contributed by atoms with Crippen molar-refractivity contribution in [3.63, 3.8) is 0 Å². The van der Waals surface area contributed by atoms with Crippen LogP contribution in [-0.2, 0) is 41.4 Å². The second-order valence-electron chi connectivity index (χ2n) is 7.40. The van der Waals surface area contributed by atoms with Crippen molar-refractivity contribution in [2.45, 2.75) is 32.4 Å². The lowest BCUT2D eigenvalue weighted by Crippen LogP contribution is -2.38. The third-order valence-electron chi connectivity index (χ3n) is 5.00. The lowest BCUT2D eigenvalue weighted by atomic mass is 10.1. The molecule has 1 N–H and O–H groups in total. The first-order chi connectivity index (χ1) is 14.8. The van der Waals surface area contributed by atoms with Crippen LogP contribution < -0.4 is 16.6 Å². The number of aryl methyl sites for hydroxylation is 2. The highest BCUT2D eigenvalue weighted by Crippen LogP contribution is 2.06. The number of benzene rings is 1. The number of hydrogen-bond acceptors (Lipinski definition) is 6. The van der Waals surface area contributed by atoms with Gasteiger partial charge in [-0.3, -0.25) is 23.5 Å². The van der Waals surface area contributed by atoms with Crippen molar-refractivity contribution in [3.8, 4) is 0 Å². The number of imidazole rings is 1. The molecule has 0 aliphatic rings. The van der Waals surface area contributed by atoms with Crippen LogP contribution in [0.5, 0.6) is 0 Å². The topological polar surface area (TPSA) is 117 Å². The average Bonchev–Trinajstić information content (AvgIpc) is 3.17. The van der Waals surface area contributed by atoms with E-state index in [9.17, 15) is 19.2 Å². The molecule has 0 aliphatic carbocycles. The second kappa shape index (κ2) is 9.41. The predicted molar refractivity (Wildman–Crippen MR) is 114 cm³/mol. The molecule has 0 saturated heterocycles. The van der Waals surface area contributed by atoms with Crippen molar-refractivity contribution in [2.75, 3.05) is 6.61 Å². The van der Waals surface area contributed by atoms with E-state index in [1.165, 1.54) is 35.1 Å². The van der Waals surface area contributed by atoms with Crippen LogP contribution in [0.2, 0.25) is 0 Å². The molecule has 0 radical (unpaired) electrons. The van der Waals surface area contributed by atoms with Crippen molar-refractivity contribution in [1.29, 1.82) is 0 Å². The maximum Gasteiger partial charge on any atom is 0.332 e. The number of amides is 1. The molecule has 164 valence electrons. The zero-order valence-corrected chi connectivity index (χ0v) is 17.7. The maximum absolute atomic E-state index is 12.4. The first-order valence-electron chi connectivity index (χ1n) is 9.87. The third-order valence-corrected chi connectivity index (χ3v) is 5.00. The van der Waals surface area contributed by atoms with Gasteiger partial charge in [0.05, 0.1) is 6.33 Å². The van der Waals surface area contributed by atoms with Crippen molar-refractivity contribution in [1.82, 2.24) is 24.0 Å². The fraction of sp³-hybridized carbons (Fsp3) is 0.381. The van der Waals surface area contributed by atoms with E-state index in [1.807, 2.05) is 37.3 Å². The van der Waals surface area contributed by atoms with E-state index >= 15 is 0 Å². The summed E-state index contributed by atoms with van der Waals surface area (Å²) < 4.78 is 8.51. The summed E-state index contributed by atoms with van der Waals surface area (Å²) in [5.41, 5.74) is 0.398. The predicted octanol–water partition coefficient (Wildman–Crippen LogP) is 0.114. The minimum atomic E-state index is -0.692. The Bertz CT molecular complexity index is 1210. The summed E-state index contributed by atoms with van der Waals surface area (Å²) in [5.74, 6) is -1.09. The Morgan fingerprint density at radius 1 is 1.13 bits per heavy atom. The number of nitrogens with one attached hydrogen (secondary N) is 1. The summed E-state index contributed by atoms with van der Waals surface area (Å²) >= 11 is 0. The van der Waals surface area contributed by atoms with Gasteiger partial charge in [-0.2, -0.15) is 0 Å². The molecule has 1 atom stereocenters. The maximum atomic E-state index is 12.4. The second-order valence-corrected chi connectivity index (χ2v) is 7.40. The molecular weight excluding hydrogens is 402 g/mol. The molecule has 31 heavy (non-hydrogen) atoms. The monoisotopic (exact) mass is 427 g/mol. The molecule has 3 rings (SSSR count). The van der Waals surface area contributed by atoms with Crippen molar-refractivity contribution in [2.24, 2.45) is 14.1 Å². The molecule has 1 amide bonds. The number of carbonyl (C=O) groups excluding carboxylic acids is 2. The molecule has 10 heteroatoms. The lowest BCUT2D eigenvalue weighted by Gasteiger charge is -2.14. The molecule has 3 aromatic rings. The Balaban J connectivity index is 1.53. The fourth-order valence-electron chi connectivity index (χ4n) is 3.26. The number of nitrogens with zero attached hydrogens (tertiary/aromatic N) is 4. The van der Waals surface area contributed by atoms with Crippen LogP contribution in [0.15, 0.2) is 46.2 Å². The summed E-state index contributed by atoms with van der Waals surface area (Å²) in [6, 6.07) is 9.87. The smallest absolute Gasteiger partial charge is 0.332 e. The van der Waals surface area contributed by atoms with E-state index in [4.69, 9.17) is 4.74 Å². The van der Waals surface area contributed by atoms with E-state index in [1.54, 1.807) is 0 Å². The summed E-state index contributed by atoms with van der Waals surface area (Å²) in [6.07, 6.45) is 2.87. The van der Waals surface area contributed by atoms with Gasteiger partial charge in [0.2, 0.25) is 0 Å². The molecule has 0 spiro atoms. The van der Waals surface area contributed by atoms with Crippen LogP contribution in [-0.4, -0.2) is 43.2 Å². The number of esters is 1. The summed E-state index contributed by atoms with van der Waals surface area (Å²) in [6.45, 7) is 1.17. The fourth-order valence-corrected chi connectivity index (χ4v) is 3.26. The van der Waals surface area contributed by atoms with Gasteiger partial charge in [-0.1, -0.05) is 30.3 Å². The largest absolute Gasteiger partial charge is 0.454 e. The van der Waals surface area contributed by atoms with E-state index in [0.717, 1.165) is 17.4 Å². The molecule has 2 aromatic heterocycles. The highest BCUT2D eigenvalue weighted by Gasteiger charge is 2.17. The van der Waals surface area contributed by atoms with E-state index in [2.05, 4.69) is 10.3 Å². The average molecular weight is 427 g/mol. The van der Waals surface area contributed by atoms with Crippen molar-refractivity contribution in [3.05, 3.63) is 63.1 Å². The number of fused-ring (bicyclic) bond motifs is 1. The van der Waals surface area contributed by atoms with Gasteiger partial charge in [0.25, 0.3) is 11.5 Å². The molecule has 0 aliphatic heterocycles. The molecule has 0 bridgehead atoms. The standard InChI is InChI=1S/C21H25N5O5/c1-14(9-10-15-7-5-4-6-8-15)23-16(27)12-31-17(28)11-26-13-22-19-18(26)20(29)25(3)21(30)24(19)2/h4-8,13-14H,9-12H2,1-3H3,(H,23,27)/t14-/m1/s1. The van der Waals surface area contributed by atoms with Gasteiger partial charge in [-0.05, 0) is 25.3 Å². The summed E-state index contributed by atoms with van der Waals surface area (Å²) in [5, 5.41) is 2.80. The van der Waals surface area contributed by atoms with E-state index < -0.39 is 29.7 Å². The number of aromatic nitrogens is 4. The zero-order chi connectivity index (χ0) is 22.5. The third kappa shape index (κ3) is 5.08. The first kappa shape index (κ1) is 22.0. The molecule has 0 fully saturated rings. The molecule has 2 heterocycles. The molecule has 10 nitrogen and oxygen atoms in total. The normalized spacial score (nSPS) is 12.0. The number of ether oxygens (including phenoxy) is 1. The Labute approximate surface area is 178 Å². The van der Waals surface area contributed by atoms with Gasteiger partial charge in [-0.15, -0.1) is 0 Å². The van der Waals surface area contributed by atoms with E-state index in [0.29, 0.717) is 0 Å². The highest BCUT2D eigenvalue weighted by molar-refractivity contribution is 5.81. The SMILES string of the molecule is C[C@H](CCc1ccccc1)NC(=O)COC(=O)Cn1cnc2c1c(=O)n(C)c(=O)n2C. The minimum absolute atomic E-state index is 0.0756. The van der Waals surface area contributed by atoms with E-state index in [-0.39, 0.29) is 23.8 Å². The molecule has 0 unspecified atom stereocenters. The molecule has 1 aromatic carbocycles. The molecular formula is C21H25N5O5. The van der Waals surface area contributed by atoms with Gasteiger partial charge in [0, 0.05) is 20.1 Å². The van der Waals surface area contributed by atoms with Gasteiger partial charge < -0.3 is 14.6 Å². The quantitative estimate of drug-likeness (QED) is 0.510. The van der Waals surface area contributed by atoms with Gasteiger partial charge in [0.1, 0.15) is 6.54 Å². The Kier molecular flexibility index (Phi) is 6.68. The van der Waals surface area contributed by atoms with Gasteiger partial charge in [-0.25, -0.2) is 9.78 Å². The lowest BCUT2D eigenvalue weighted by molar-refractivity contribution is -0.149. The Morgan fingerprint density at radius 2 is 1.84 bits per heavy atom. The zero-order valence-electron chi connectivity index (χ0n) is 17.7. The minimum Gasteiger partial charge on any atom is -0.454 e. The summed E-state index contributed by atoms with van der Waals surface area (Å²) in [4.78, 5) is 52.6. The summed E-state index contributed by atoms with van der Waals surface area (Å²) in [7, 11) is 2.84. The van der Waals surface area contributed by atoms with Gasteiger partial charge >= 0.3 is 11.7 Å². The van der Waals surface area contributed by atoms with Crippen LogP contribution in [0.25, 0.3) is 11.2 Å². The molecule has 0 saturated carbocycles. The first-order valence-corrected chi connectivity index (χ1v) is 9.87. The Morgan fingerprint density at radius 3 is 2.55 bits per heavy atom. The number of rotatable bonds is 8. The van der Waals surface area contributed by atoms with Crippen LogP contribution in [0, 0.1) is 0 Å². The van der Waals surface area contributed by atoms with Crippen molar-refractivity contribution < 1.29 is 14.3 Å². The van der Waals surface area contributed by atoms with Crippen LogP contribution in [0.3, 0.4) is 0 Å². The van der Waals surface area contributed by atoms with Crippen LogP contribution in [0.4, 0.5) is 0 Å². The van der Waals surface area contributed by atoms with Crippen LogP contribution in [0.1, 0.15) is 18.9 Å². The highest BCUT2D eigenvalue weighted by atomic mass is 16.5.